The summed E-state index contributed by atoms with van der Waals surface area (Å²) in [7, 11) is 1.53. The molecule has 0 bridgehead atoms. The lowest BCUT2D eigenvalue weighted by atomic mass is 9.98. The topological polar surface area (TPSA) is 95.9 Å². The second kappa shape index (κ2) is 8.50. The van der Waals surface area contributed by atoms with Gasteiger partial charge >= 0.3 is 5.97 Å². The Morgan fingerprint density at radius 1 is 1.40 bits per heavy atom. The lowest BCUT2D eigenvalue weighted by Crippen LogP contribution is -2.38. The highest BCUT2D eigenvalue weighted by atomic mass is 16.5. The molecule has 7 nitrogen and oxygen atoms in total. The minimum atomic E-state index is -0.983. The van der Waals surface area contributed by atoms with E-state index in [2.05, 4.69) is 5.32 Å². The SMILES string of the molecule is CCN1CC(C(=O)NCC(Cc2ccccc2OC)C(=O)O)CC1=O. The van der Waals surface area contributed by atoms with Crippen molar-refractivity contribution in [2.45, 2.75) is 19.8 Å². The fourth-order valence-electron chi connectivity index (χ4n) is 3.01. The Bertz CT molecular complexity index is 646. The number of carboxylic acids is 1. The van der Waals surface area contributed by atoms with Crippen LogP contribution in [0.25, 0.3) is 0 Å². The molecule has 7 heteroatoms. The van der Waals surface area contributed by atoms with E-state index in [0.717, 1.165) is 5.56 Å². The highest BCUT2D eigenvalue weighted by Crippen LogP contribution is 2.21. The third-order valence-electron chi connectivity index (χ3n) is 4.50. The maximum Gasteiger partial charge on any atom is 0.308 e. The van der Waals surface area contributed by atoms with Gasteiger partial charge in [0.2, 0.25) is 11.8 Å². The predicted octanol–water partition coefficient (Wildman–Crippen LogP) is 0.923. The van der Waals surface area contributed by atoms with Crippen LogP contribution >= 0.6 is 0 Å². The molecule has 2 amide bonds. The van der Waals surface area contributed by atoms with Gasteiger partial charge in [-0.25, -0.2) is 0 Å². The minimum absolute atomic E-state index is 0.0169. The van der Waals surface area contributed by atoms with Crippen molar-refractivity contribution >= 4 is 17.8 Å². The Labute approximate surface area is 147 Å². The summed E-state index contributed by atoms with van der Waals surface area (Å²) in [4.78, 5) is 37.1. The molecule has 1 saturated heterocycles. The van der Waals surface area contributed by atoms with Crippen molar-refractivity contribution in [3.05, 3.63) is 29.8 Å². The molecule has 2 unspecified atom stereocenters. The fourth-order valence-corrected chi connectivity index (χ4v) is 3.01. The molecule has 1 aliphatic rings. The summed E-state index contributed by atoms with van der Waals surface area (Å²) in [6.07, 6.45) is 0.439. The number of hydrogen-bond donors (Lipinski definition) is 2. The van der Waals surface area contributed by atoms with Crippen molar-refractivity contribution in [3.8, 4) is 5.75 Å². The molecule has 1 aromatic rings. The monoisotopic (exact) mass is 348 g/mol. The summed E-state index contributed by atoms with van der Waals surface area (Å²) in [5.41, 5.74) is 0.778. The number of hydrogen-bond acceptors (Lipinski definition) is 4. The van der Waals surface area contributed by atoms with Crippen LogP contribution in [0.3, 0.4) is 0 Å². The number of nitrogens with one attached hydrogen (secondary N) is 1. The average Bonchev–Trinajstić information content (AvgIpc) is 2.99. The van der Waals surface area contributed by atoms with E-state index in [1.165, 1.54) is 7.11 Å². The molecule has 0 aliphatic carbocycles. The zero-order chi connectivity index (χ0) is 18.4. The number of methoxy groups -OCH3 is 1. The first-order chi connectivity index (χ1) is 12.0. The number of carbonyl (C=O) groups excluding carboxylic acids is 2. The molecular weight excluding hydrogens is 324 g/mol. The van der Waals surface area contributed by atoms with Crippen LogP contribution < -0.4 is 10.1 Å². The summed E-state index contributed by atoms with van der Waals surface area (Å²) in [6, 6.07) is 7.22. The van der Waals surface area contributed by atoms with E-state index in [1.807, 2.05) is 25.1 Å². The number of amides is 2. The first-order valence-electron chi connectivity index (χ1n) is 8.36. The van der Waals surface area contributed by atoms with Crippen LogP contribution in [0.4, 0.5) is 0 Å². The lowest BCUT2D eigenvalue weighted by Gasteiger charge is -2.17. The number of carboxylic acid groups (broad SMARTS) is 1. The summed E-state index contributed by atoms with van der Waals surface area (Å²) in [5.74, 6) is -1.83. The van der Waals surface area contributed by atoms with Crippen molar-refractivity contribution in [2.75, 3.05) is 26.7 Å². The first-order valence-corrected chi connectivity index (χ1v) is 8.36. The molecule has 1 heterocycles. The second-order valence-corrected chi connectivity index (χ2v) is 6.13. The second-order valence-electron chi connectivity index (χ2n) is 6.13. The molecule has 25 heavy (non-hydrogen) atoms. The van der Waals surface area contributed by atoms with Crippen molar-refractivity contribution in [3.63, 3.8) is 0 Å². The van der Waals surface area contributed by atoms with Crippen molar-refractivity contribution in [1.82, 2.24) is 10.2 Å². The van der Waals surface area contributed by atoms with Crippen LogP contribution in [0.2, 0.25) is 0 Å². The normalized spacial score (nSPS) is 18.1. The predicted molar refractivity (Wildman–Crippen MR) is 91.2 cm³/mol. The smallest absolute Gasteiger partial charge is 0.308 e. The van der Waals surface area contributed by atoms with Gasteiger partial charge in [-0.15, -0.1) is 0 Å². The largest absolute Gasteiger partial charge is 0.496 e. The van der Waals surface area contributed by atoms with Gasteiger partial charge in [-0.2, -0.15) is 0 Å². The number of nitrogens with zero attached hydrogens (tertiary/aromatic N) is 1. The lowest BCUT2D eigenvalue weighted by molar-refractivity contribution is -0.141. The molecule has 136 valence electrons. The molecule has 0 aromatic heterocycles. The summed E-state index contributed by atoms with van der Waals surface area (Å²) in [5, 5.41) is 12.1. The molecule has 1 aromatic carbocycles. The van der Waals surface area contributed by atoms with Gasteiger partial charge in [-0.3, -0.25) is 14.4 Å². The number of carbonyl (C=O) groups is 3. The molecule has 2 N–H and O–H groups in total. The van der Waals surface area contributed by atoms with Crippen LogP contribution in [-0.2, 0) is 20.8 Å². The highest BCUT2D eigenvalue weighted by molar-refractivity contribution is 5.89. The molecule has 1 aliphatic heterocycles. The molecular formula is C18H24N2O5. The van der Waals surface area contributed by atoms with Gasteiger partial charge in [0.15, 0.2) is 0 Å². The Kier molecular flexibility index (Phi) is 6.38. The van der Waals surface area contributed by atoms with Crippen LogP contribution in [0.5, 0.6) is 5.75 Å². The zero-order valence-electron chi connectivity index (χ0n) is 14.5. The van der Waals surface area contributed by atoms with E-state index in [9.17, 15) is 19.5 Å². The third kappa shape index (κ3) is 4.71. The van der Waals surface area contributed by atoms with Gasteiger partial charge in [0.05, 0.1) is 18.9 Å². The van der Waals surface area contributed by atoms with E-state index in [-0.39, 0.29) is 31.2 Å². The summed E-state index contributed by atoms with van der Waals surface area (Å²) in [6.45, 7) is 2.86. The van der Waals surface area contributed by atoms with Gasteiger partial charge in [-0.1, -0.05) is 18.2 Å². The van der Waals surface area contributed by atoms with Crippen molar-refractivity contribution in [1.29, 1.82) is 0 Å². The third-order valence-corrected chi connectivity index (χ3v) is 4.50. The number of likely N-dealkylation sites (tertiary alicyclic amines) is 1. The Balaban J connectivity index is 1.95. The molecule has 2 atom stereocenters. The van der Waals surface area contributed by atoms with Crippen molar-refractivity contribution in [2.24, 2.45) is 11.8 Å². The maximum absolute atomic E-state index is 12.2. The molecule has 0 spiro atoms. The van der Waals surface area contributed by atoms with Crippen LogP contribution in [0.15, 0.2) is 24.3 Å². The summed E-state index contributed by atoms with van der Waals surface area (Å²) < 4.78 is 5.25. The van der Waals surface area contributed by atoms with E-state index in [1.54, 1.807) is 11.0 Å². The standard InChI is InChI=1S/C18H24N2O5/c1-3-20-11-14(9-16(20)21)17(22)19-10-13(18(23)24)8-12-6-4-5-7-15(12)25-2/h4-7,13-14H,3,8-11H2,1-2H3,(H,19,22)(H,23,24). The summed E-state index contributed by atoms with van der Waals surface area (Å²) >= 11 is 0. The van der Waals surface area contributed by atoms with Gasteiger partial charge in [0.25, 0.3) is 0 Å². The van der Waals surface area contributed by atoms with E-state index in [0.29, 0.717) is 18.8 Å². The Morgan fingerprint density at radius 2 is 2.12 bits per heavy atom. The quantitative estimate of drug-likeness (QED) is 0.728. The number of rotatable bonds is 8. The number of benzene rings is 1. The van der Waals surface area contributed by atoms with Gasteiger partial charge < -0.3 is 20.1 Å². The Morgan fingerprint density at radius 3 is 2.72 bits per heavy atom. The van der Waals surface area contributed by atoms with E-state index >= 15 is 0 Å². The fraction of sp³-hybridized carbons (Fsp3) is 0.500. The minimum Gasteiger partial charge on any atom is -0.496 e. The van der Waals surface area contributed by atoms with Crippen LogP contribution in [-0.4, -0.2) is 54.5 Å². The highest BCUT2D eigenvalue weighted by Gasteiger charge is 2.33. The van der Waals surface area contributed by atoms with Gasteiger partial charge in [0.1, 0.15) is 5.75 Å². The van der Waals surface area contributed by atoms with Crippen molar-refractivity contribution < 1.29 is 24.2 Å². The number of para-hydroxylation sites is 1. The molecule has 0 saturated carbocycles. The number of ether oxygens (including phenoxy) is 1. The first kappa shape index (κ1) is 18.8. The average molecular weight is 348 g/mol. The van der Waals surface area contributed by atoms with E-state index < -0.39 is 17.8 Å². The van der Waals surface area contributed by atoms with Crippen LogP contribution in [0, 0.1) is 11.8 Å². The maximum atomic E-state index is 12.2. The molecule has 0 radical (unpaired) electrons. The molecule has 2 rings (SSSR count). The van der Waals surface area contributed by atoms with E-state index in [4.69, 9.17) is 4.74 Å². The Hall–Kier alpha value is -2.57. The van der Waals surface area contributed by atoms with Gasteiger partial charge in [0, 0.05) is 26.1 Å². The number of aliphatic carboxylic acids is 1. The van der Waals surface area contributed by atoms with Gasteiger partial charge in [-0.05, 0) is 25.0 Å². The zero-order valence-corrected chi connectivity index (χ0v) is 14.5. The van der Waals surface area contributed by atoms with Crippen LogP contribution in [0.1, 0.15) is 18.9 Å². The molecule has 1 fully saturated rings.